The minimum Gasteiger partial charge on any atom is -0.872 e. The van der Waals surface area contributed by atoms with Gasteiger partial charge in [-0.1, -0.05) is 31.2 Å². The molecule has 26 heavy (non-hydrogen) atoms. The molecule has 1 aromatic rings. The van der Waals surface area contributed by atoms with E-state index in [0.717, 1.165) is 44.8 Å². The van der Waals surface area contributed by atoms with Crippen LogP contribution >= 0.6 is 0 Å². The normalized spacial score (nSPS) is 20.5. The van der Waals surface area contributed by atoms with E-state index < -0.39 is 6.10 Å². The van der Waals surface area contributed by atoms with Crippen molar-refractivity contribution in [2.24, 2.45) is 0 Å². The standard InChI is InChI=1S/C19H32N3O3.Fe/c1-16(23)13-20-7-8-21(14-17(2)24)10-12-22(11-9-20)15-18-5-3-4-6-19(18)25;/h3-6,16-17,23,25H,7-15H2,1-2H3;/q-1;+2/p-1/t16-,17-;/m0./s1. The van der Waals surface area contributed by atoms with Crippen LogP contribution in [0.15, 0.2) is 24.3 Å². The third-order valence-electron chi connectivity index (χ3n) is 4.60. The topological polar surface area (TPSA) is 76.1 Å². The summed E-state index contributed by atoms with van der Waals surface area (Å²) in [6.45, 7) is 10.4. The molecule has 1 heterocycles. The molecule has 0 amide bonds. The second-order valence-corrected chi connectivity index (χ2v) is 7.14. The Balaban J connectivity index is 0.00000338. The third-order valence-corrected chi connectivity index (χ3v) is 4.60. The Morgan fingerprint density at radius 3 is 1.92 bits per heavy atom. The Labute approximate surface area is 167 Å². The minimum atomic E-state index is -0.609. The average molecular weight is 405 g/mol. The number of para-hydroxylation sites is 1. The van der Waals surface area contributed by atoms with Crippen LogP contribution in [0.2, 0.25) is 0 Å². The summed E-state index contributed by atoms with van der Waals surface area (Å²) >= 11 is 0. The fraction of sp³-hybridized carbons (Fsp3) is 0.684. The minimum absolute atomic E-state index is 0. The number of benzene rings is 1. The summed E-state index contributed by atoms with van der Waals surface area (Å²) in [6, 6.07) is 7.17. The van der Waals surface area contributed by atoms with Gasteiger partial charge in [0.25, 0.3) is 0 Å². The van der Waals surface area contributed by atoms with Gasteiger partial charge in [-0.3, -0.25) is 9.80 Å². The van der Waals surface area contributed by atoms with Crippen LogP contribution in [-0.4, -0.2) is 84.4 Å². The Morgan fingerprint density at radius 1 is 0.923 bits per heavy atom. The van der Waals surface area contributed by atoms with E-state index in [-0.39, 0.29) is 28.9 Å². The van der Waals surface area contributed by atoms with Gasteiger partial charge in [0, 0.05) is 52.4 Å². The largest absolute Gasteiger partial charge is 2.00 e. The molecule has 2 rings (SSSR count). The average Bonchev–Trinajstić information content (AvgIpc) is 2.62. The van der Waals surface area contributed by atoms with Gasteiger partial charge in [-0.2, -0.15) is 0 Å². The summed E-state index contributed by atoms with van der Waals surface area (Å²) in [5, 5.41) is 33.3. The van der Waals surface area contributed by atoms with Crippen LogP contribution in [-0.2, 0) is 23.6 Å². The Hall–Kier alpha value is -0.661. The van der Waals surface area contributed by atoms with Crippen molar-refractivity contribution in [1.82, 2.24) is 14.7 Å². The van der Waals surface area contributed by atoms with E-state index in [9.17, 15) is 15.3 Å². The zero-order valence-electron chi connectivity index (χ0n) is 15.8. The van der Waals surface area contributed by atoms with Crippen LogP contribution in [0.4, 0.5) is 0 Å². The third kappa shape index (κ3) is 8.35. The van der Waals surface area contributed by atoms with E-state index in [2.05, 4.69) is 14.7 Å². The summed E-state index contributed by atoms with van der Waals surface area (Å²) in [5.41, 5.74) is 0.813. The van der Waals surface area contributed by atoms with Gasteiger partial charge in [0.1, 0.15) is 0 Å². The maximum atomic E-state index is 12.0. The number of nitrogens with zero attached hydrogens (tertiary/aromatic N) is 3. The second-order valence-electron chi connectivity index (χ2n) is 7.14. The van der Waals surface area contributed by atoms with Crippen molar-refractivity contribution >= 4 is 0 Å². The molecule has 0 aliphatic carbocycles. The summed E-state index contributed by atoms with van der Waals surface area (Å²) in [4.78, 5) is 6.72. The van der Waals surface area contributed by atoms with Crippen LogP contribution in [0.5, 0.6) is 5.75 Å². The molecule has 7 heteroatoms. The van der Waals surface area contributed by atoms with Crippen LogP contribution in [0.1, 0.15) is 19.4 Å². The van der Waals surface area contributed by atoms with Crippen LogP contribution < -0.4 is 10.2 Å². The van der Waals surface area contributed by atoms with Gasteiger partial charge in [0.05, 0.1) is 6.10 Å². The molecule has 1 N–H and O–H groups in total. The maximum absolute atomic E-state index is 12.0. The molecular formula is C19H31FeN3O3. The van der Waals surface area contributed by atoms with Crippen molar-refractivity contribution in [3.05, 3.63) is 29.8 Å². The zero-order chi connectivity index (χ0) is 18.2. The van der Waals surface area contributed by atoms with E-state index in [1.165, 1.54) is 0 Å². The molecule has 0 bridgehead atoms. The first-order valence-electron chi connectivity index (χ1n) is 9.20. The quantitative estimate of drug-likeness (QED) is 0.632. The molecule has 1 fully saturated rings. The van der Waals surface area contributed by atoms with Crippen molar-refractivity contribution in [3.63, 3.8) is 0 Å². The van der Waals surface area contributed by atoms with Crippen molar-refractivity contribution < 1.29 is 32.4 Å². The number of aliphatic hydroxyl groups excluding tert-OH is 1. The molecule has 1 aliphatic rings. The number of hydrogen-bond acceptors (Lipinski definition) is 6. The van der Waals surface area contributed by atoms with Gasteiger partial charge in [-0.15, -0.1) is 11.9 Å². The number of aliphatic hydroxyl groups is 1. The second kappa shape index (κ2) is 11.9. The maximum Gasteiger partial charge on any atom is 2.00 e. The van der Waals surface area contributed by atoms with E-state index in [1.807, 2.05) is 12.1 Å². The van der Waals surface area contributed by atoms with E-state index in [0.29, 0.717) is 19.6 Å². The molecule has 0 unspecified atom stereocenters. The molecule has 1 aliphatic heterocycles. The fourth-order valence-corrected chi connectivity index (χ4v) is 3.32. The zero-order valence-corrected chi connectivity index (χ0v) is 16.9. The Kier molecular flexibility index (Phi) is 10.7. The SMILES string of the molecule is C[C@H]([O-])CN1CCN(Cc2ccccc2[O-])CCN(C[C@H](C)O)CC1.[Fe+2]. The fourth-order valence-electron chi connectivity index (χ4n) is 3.32. The van der Waals surface area contributed by atoms with E-state index in [4.69, 9.17) is 0 Å². The van der Waals surface area contributed by atoms with Crippen molar-refractivity contribution in [1.29, 1.82) is 0 Å². The van der Waals surface area contributed by atoms with Gasteiger partial charge in [-0.25, -0.2) is 0 Å². The molecule has 1 aromatic carbocycles. The molecule has 148 valence electrons. The monoisotopic (exact) mass is 405 g/mol. The molecule has 0 aromatic heterocycles. The van der Waals surface area contributed by atoms with Gasteiger partial charge >= 0.3 is 17.1 Å². The first-order valence-corrected chi connectivity index (χ1v) is 9.20. The van der Waals surface area contributed by atoms with Crippen LogP contribution in [0.3, 0.4) is 0 Å². The Morgan fingerprint density at radius 2 is 1.42 bits per heavy atom. The predicted molar refractivity (Wildman–Crippen MR) is 95.2 cm³/mol. The Bertz CT molecular complexity index is 495. The molecule has 1 saturated heterocycles. The summed E-state index contributed by atoms with van der Waals surface area (Å²) in [6.07, 6.45) is -0.981. The van der Waals surface area contributed by atoms with Crippen molar-refractivity contribution in [2.75, 3.05) is 52.4 Å². The summed E-state index contributed by atoms with van der Waals surface area (Å²) < 4.78 is 0. The summed E-state index contributed by atoms with van der Waals surface area (Å²) in [5.74, 6) is 0.0771. The van der Waals surface area contributed by atoms with Gasteiger partial charge in [0.2, 0.25) is 0 Å². The first-order chi connectivity index (χ1) is 11.9. The molecule has 0 saturated carbocycles. The van der Waals surface area contributed by atoms with Crippen LogP contribution in [0.25, 0.3) is 0 Å². The first kappa shape index (κ1) is 23.4. The number of hydrogen-bond donors (Lipinski definition) is 1. The van der Waals surface area contributed by atoms with E-state index in [1.54, 1.807) is 26.0 Å². The molecule has 0 spiro atoms. The van der Waals surface area contributed by atoms with Gasteiger partial charge in [0.15, 0.2) is 0 Å². The van der Waals surface area contributed by atoms with E-state index >= 15 is 0 Å². The van der Waals surface area contributed by atoms with Crippen LogP contribution in [0, 0.1) is 0 Å². The molecular weight excluding hydrogens is 374 g/mol. The van der Waals surface area contributed by atoms with Gasteiger partial charge < -0.3 is 20.2 Å². The molecule has 6 nitrogen and oxygen atoms in total. The number of β-amino-alcohol motifs (C(OH)–C–C–N with tert-alkyl or cyclic N) is 1. The predicted octanol–water partition coefficient (Wildman–Crippen LogP) is -0.693. The summed E-state index contributed by atoms with van der Waals surface area (Å²) in [7, 11) is 0. The van der Waals surface area contributed by atoms with Crippen molar-refractivity contribution in [2.45, 2.75) is 32.6 Å². The molecule has 2 atom stereocenters. The smallest absolute Gasteiger partial charge is 0.872 e. The number of rotatable bonds is 6. The molecule has 0 radical (unpaired) electrons. The van der Waals surface area contributed by atoms with Gasteiger partial charge in [-0.05, 0) is 19.0 Å². The van der Waals surface area contributed by atoms with Crippen molar-refractivity contribution in [3.8, 4) is 5.75 Å².